The molecule has 0 aliphatic carbocycles. The highest BCUT2D eigenvalue weighted by atomic mass is 35.5. The number of hydrogen-bond acceptors (Lipinski definition) is 3. The lowest BCUT2D eigenvalue weighted by atomic mass is 10.2. The molecule has 2 aromatic carbocycles. The number of para-hydroxylation sites is 1. The van der Waals surface area contributed by atoms with Crippen molar-refractivity contribution in [2.45, 2.75) is 6.54 Å². The fourth-order valence-electron chi connectivity index (χ4n) is 2.19. The number of hydrogen-bond donors (Lipinski definition) is 1. The quantitative estimate of drug-likeness (QED) is 0.775. The molecule has 1 aromatic heterocycles. The lowest BCUT2D eigenvalue weighted by Gasteiger charge is -2.11. The molecule has 0 saturated carbocycles. The van der Waals surface area contributed by atoms with E-state index in [1.807, 2.05) is 55.6 Å². The highest BCUT2D eigenvalue weighted by Crippen LogP contribution is 2.29. The summed E-state index contributed by atoms with van der Waals surface area (Å²) in [6.45, 7) is 0.716. The first-order valence-corrected chi connectivity index (χ1v) is 7.10. The lowest BCUT2D eigenvalue weighted by Crippen LogP contribution is -2.06. The number of benzene rings is 2. The summed E-state index contributed by atoms with van der Waals surface area (Å²) in [5.41, 5.74) is 2.00. The van der Waals surface area contributed by atoms with Crippen molar-refractivity contribution < 1.29 is 4.74 Å². The summed E-state index contributed by atoms with van der Waals surface area (Å²) >= 11 is 6.06. The van der Waals surface area contributed by atoms with Gasteiger partial charge < -0.3 is 10.1 Å². The molecule has 0 aliphatic heterocycles. The molecule has 0 radical (unpaired) electrons. The van der Waals surface area contributed by atoms with Crippen LogP contribution in [0.15, 0.2) is 54.7 Å². The van der Waals surface area contributed by atoms with Crippen LogP contribution < -0.4 is 10.1 Å². The van der Waals surface area contributed by atoms with Gasteiger partial charge in [0.25, 0.3) is 0 Å². The van der Waals surface area contributed by atoms with Gasteiger partial charge in [-0.1, -0.05) is 35.9 Å². The minimum atomic E-state index is 0.651. The van der Waals surface area contributed by atoms with Crippen molar-refractivity contribution in [3.8, 4) is 11.5 Å². The molecule has 0 atom stereocenters. The molecule has 106 valence electrons. The topological polar surface area (TPSA) is 34.1 Å². The maximum atomic E-state index is 6.06. The molecule has 0 amide bonds. The Hall–Kier alpha value is -2.10. The SMILES string of the molecule is CNCc1ccc(Cl)cc1Oc1cnc2ccccc2c1. The summed E-state index contributed by atoms with van der Waals surface area (Å²) in [7, 11) is 1.90. The Morgan fingerprint density at radius 1 is 1.14 bits per heavy atom. The zero-order chi connectivity index (χ0) is 14.7. The number of aromatic nitrogens is 1. The second-order valence-corrected chi connectivity index (χ2v) is 5.18. The Balaban J connectivity index is 1.95. The van der Waals surface area contributed by atoms with E-state index < -0.39 is 0 Å². The maximum absolute atomic E-state index is 6.06. The third-order valence-electron chi connectivity index (χ3n) is 3.19. The highest BCUT2D eigenvalue weighted by molar-refractivity contribution is 6.30. The number of ether oxygens (including phenoxy) is 1. The molecule has 0 bridgehead atoms. The van der Waals surface area contributed by atoms with E-state index in [1.54, 1.807) is 6.20 Å². The Labute approximate surface area is 128 Å². The van der Waals surface area contributed by atoms with Gasteiger partial charge in [0.15, 0.2) is 0 Å². The van der Waals surface area contributed by atoms with Crippen LogP contribution in [0.25, 0.3) is 10.9 Å². The first kappa shape index (κ1) is 13.9. The van der Waals surface area contributed by atoms with E-state index in [1.165, 1.54) is 0 Å². The average molecular weight is 299 g/mol. The lowest BCUT2D eigenvalue weighted by molar-refractivity contribution is 0.473. The van der Waals surface area contributed by atoms with Crippen LogP contribution in [-0.2, 0) is 6.54 Å². The largest absolute Gasteiger partial charge is 0.455 e. The van der Waals surface area contributed by atoms with Crippen LogP contribution in [0.4, 0.5) is 0 Å². The van der Waals surface area contributed by atoms with Gasteiger partial charge in [-0.25, -0.2) is 0 Å². The predicted molar refractivity (Wildman–Crippen MR) is 86.0 cm³/mol. The van der Waals surface area contributed by atoms with Crippen molar-refractivity contribution in [1.82, 2.24) is 10.3 Å². The summed E-state index contributed by atoms with van der Waals surface area (Å²) in [6, 6.07) is 15.6. The Kier molecular flexibility index (Phi) is 4.04. The van der Waals surface area contributed by atoms with E-state index in [0.29, 0.717) is 17.3 Å². The minimum Gasteiger partial charge on any atom is -0.455 e. The van der Waals surface area contributed by atoms with Gasteiger partial charge in [-0.2, -0.15) is 0 Å². The van der Waals surface area contributed by atoms with Crippen molar-refractivity contribution >= 4 is 22.5 Å². The summed E-state index contributed by atoms with van der Waals surface area (Å²) in [5, 5.41) is 4.82. The van der Waals surface area contributed by atoms with Crippen LogP contribution in [0.1, 0.15) is 5.56 Å². The normalized spacial score (nSPS) is 10.8. The summed E-state index contributed by atoms with van der Waals surface area (Å²) in [6.07, 6.45) is 1.73. The van der Waals surface area contributed by atoms with Crippen LogP contribution in [0, 0.1) is 0 Å². The van der Waals surface area contributed by atoms with Gasteiger partial charge in [0.1, 0.15) is 11.5 Å². The smallest absolute Gasteiger partial charge is 0.146 e. The molecule has 4 heteroatoms. The third kappa shape index (κ3) is 3.15. The zero-order valence-electron chi connectivity index (χ0n) is 11.6. The number of fused-ring (bicyclic) bond motifs is 1. The van der Waals surface area contributed by atoms with Gasteiger partial charge in [-0.3, -0.25) is 4.98 Å². The molecule has 3 nitrogen and oxygen atoms in total. The zero-order valence-corrected chi connectivity index (χ0v) is 12.4. The Morgan fingerprint density at radius 3 is 2.86 bits per heavy atom. The van der Waals surface area contributed by atoms with E-state index >= 15 is 0 Å². The molecule has 0 spiro atoms. The van der Waals surface area contributed by atoms with E-state index in [0.717, 1.165) is 22.2 Å². The van der Waals surface area contributed by atoms with Crippen molar-refractivity contribution in [2.75, 3.05) is 7.05 Å². The fraction of sp³-hybridized carbons (Fsp3) is 0.118. The van der Waals surface area contributed by atoms with Crippen molar-refractivity contribution in [2.24, 2.45) is 0 Å². The molecule has 0 fully saturated rings. The van der Waals surface area contributed by atoms with E-state index in [9.17, 15) is 0 Å². The number of pyridine rings is 1. The molecule has 0 unspecified atom stereocenters. The van der Waals surface area contributed by atoms with Gasteiger partial charge in [-0.05, 0) is 31.3 Å². The molecule has 3 aromatic rings. The highest BCUT2D eigenvalue weighted by Gasteiger charge is 2.07. The summed E-state index contributed by atoms with van der Waals surface area (Å²) in [4.78, 5) is 4.40. The molecular formula is C17H15ClN2O. The van der Waals surface area contributed by atoms with Gasteiger partial charge in [0.05, 0.1) is 11.7 Å². The van der Waals surface area contributed by atoms with Crippen molar-refractivity contribution in [3.63, 3.8) is 0 Å². The van der Waals surface area contributed by atoms with Crippen LogP contribution in [0.5, 0.6) is 11.5 Å². The summed E-state index contributed by atoms with van der Waals surface area (Å²) in [5.74, 6) is 1.45. The van der Waals surface area contributed by atoms with Crippen LogP contribution in [0.3, 0.4) is 0 Å². The molecule has 0 aliphatic rings. The van der Waals surface area contributed by atoms with Crippen molar-refractivity contribution in [1.29, 1.82) is 0 Å². The van der Waals surface area contributed by atoms with E-state index in [2.05, 4.69) is 10.3 Å². The van der Waals surface area contributed by atoms with Crippen LogP contribution >= 0.6 is 11.6 Å². The second kappa shape index (κ2) is 6.12. The monoisotopic (exact) mass is 298 g/mol. The first-order chi connectivity index (χ1) is 10.3. The molecular weight excluding hydrogens is 284 g/mol. The number of nitrogens with one attached hydrogen (secondary N) is 1. The fourth-order valence-corrected chi connectivity index (χ4v) is 2.36. The molecule has 1 N–H and O–H groups in total. The van der Waals surface area contributed by atoms with Crippen LogP contribution in [-0.4, -0.2) is 12.0 Å². The van der Waals surface area contributed by atoms with E-state index in [-0.39, 0.29) is 0 Å². The Bertz CT molecular complexity index is 774. The van der Waals surface area contributed by atoms with Gasteiger partial charge >= 0.3 is 0 Å². The van der Waals surface area contributed by atoms with Gasteiger partial charge in [0.2, 0.25) is 0 Å². The number of rotatable bonds is 4. The molecule has 1 heterocycles. The Morgan fingerprint density at radius 2 is 2.00 bits per heavy atom. The first-order valence-electron chi connectivity index (χ1n) is 6.72. The van der Waals surface area contributed by atoms with E-state index in [4.69, 9.17) is 16.3 Å². The minimum absolute atomic E-state index is 0.651. The summed E-state index contributed by atoms with van der Waals surface area (Å²) < 4.78 is 5.96. The number of nitrogens with zero attached hydrogens (tertiary/aromatic N) is 1. The molecule has 21 heavy (non-hydrogen) atoms. The van der Waals surface area contributed by atoms with Crippen LogP contribution in [0.2, 0.25) is 5.02 Å². The molecule has 3 rings (SSSR count). The molecule has 0 saturated heterocycles. The number of halogens is 1. The van der Waals surface area contributed by atoms with Crippen molar-refractivity contribution in [3.05, 3.63) is 65.3 Å². The predicted octanol–water partition coefficient (Wildman–Crippen LogP) is 4.40. The maximum Gasteiger partial charge on any atom is 0.146 e. The third-order valence-corrected chi connectivity index (χ3v) is 3.42. The average Bonchev–Trinajstić information content (AvgIpc) is 2.50. The van der Waals surface area contributed by atoms with Gasteiger partial charge in [0, 0.05) is 22.5 Å². The second-order valence-electron chi connectivity index (χ2n) is 4.75. The standard InChI is InChI=1S/C17H15ClN2O/c1-19-10-13-6-7-14(18)9-17(13)21-15-8-12-4-2-3-5-16(12)20-11-15/h2-9,11,19H,10H2,1H3. The van der Waals surface area contributed by atoms with Gasteiger partial charge in [-0.15, -0.1) is 0 Å².